The van der Waals surface area contributed by atoms with E-state index in [1.54, 1.807) is 24.3 Å². The quantitative estimate of drug-likeness (QED) is 0.390. The Labute approximate surface area is 211 Å². The lowest BCUT2D eigenvalue weighted by atomic mass is 10.0. The highest BCUT2D eigenvalue weighted by Gasteiger charge is 2.37. The van der Waals surface area contributed by atoms with Crippen LogP contribution in [0.25, 0.3) is 0 Å². The van der Waals surface area contributed by atoms with Gasteiger partial charge in [-0.15, -0.1) is 0 Å². The maximum Gasteiger partial charge on any atom is 0.415 e. The number of nitrogens with zero attached hydrogens (tertiary/aromatic N) is 2. The third-order valence-electron chi connectivity index (χ3n) is 5.59. The Morgan fingerprint density at radius 3 is 2.09 bits per heavy atom. The summed E-state index contributed by atoms with van der Waals surface area (Å²) in [6.07, 6.45) is -0.244. The van der Waals surface area contributed by atoms with Gasteiger partial charge in [-0.1, -0.05) is 23.2 Å². The van der Waals surface area contributed by atoms with Gasteiger partial charge in [-0.3, -0.25) is 4.31 Å². The number of benzene rings is 3. The summed E-state index contributed by atoms with van der Waals surface area (Å²) >= 11 is 11.7. The number of halogens is 4. The van der Waals surface area contributed by atoms with E-state index in [1.165, 1.54) is 29.2 Å². The first-order chi connectivity index (χ1) is 16.6. The third kappa shape index (κ3) is 5.69. The summed E-state index contributed by atoms with van der Waals surface area (Å²) in [6, 6.07) is 13.6. The normalized spacial score (nSPS) is 14.6. The number of hydrogen-bond acceptors (Lipinski definition) is 4. The molecule has 0 N–H and O–H groups in total. The summed E-state index contributed by atoms with van der Waals surface area (Å²) in [4.78, 5) is 13.9. The molecule has 4 rings (SSSR count). The fourth-order valence-electron chi connectivity index (χ4n) is 3.85. The van der Waals surface area contributed by atoms with Crippen LogP contribution in [-0.4, -0.2) is 38.5 Å². The van der Waals surface area contributed by atoms with Crippen LogP contribution in [0.3, 0.4) is 0 Å². The lowest BCUT2D eigenvalue weighted by Crippen LogP contribution is -2.49. The minimum atomic E-state index is -4.28. The molecule has 0 aromatic heterocycles. The van der Waals surface area contributed by atoms with Gasteiger partial charge in [0, 0.05) is 35.2 Å². The SMILES string of the molecule is O=C(Oc1ccc(Cl)cc1)N1CCC(N(c2cc(F)ccc2F)S(=O)(=O)c2ccc(Cl)cc2)CC1. The number of ether oxygens (including phenoxy) is 1. The smallest absolute Gasteiger partial charge is 0.410 e. The van der Waals surface area contributed by atoms with E-state index < -0.39 is 39.5 Å². The monoisotopic (exact) mass is 540 g/mol. The molecule has 0 atom stereocenters. The summed E-state index contributed by atoms with van der Waals surface area (Å²) < 4.78 is 62.2. The minimum absolute atomic E-state index is 0.116. The highest BCUT2D eigenvalue weighted by Crippen LogP contribution is 2.33. The van der Waals surface area contributed by atoms with E-state index in [-0.39, 0.29) is 30.8 Å². The highest BCUT2D eigenvalue weighted by molar-refractivity contribution is 7.92. The molecule has 1 heterocycles. The molecule has 1 aliphatic heterocycles. The van der Waals surface area contributed by atoms with Gasteiger partial charge in [-0.05, 0) is 73.5 Å². The Kier molecular flexibility index (Phi) is 7.49. The van der Waals surface area contributed by atoms with E-state index in [0.717, 1.165) is 22.5 Å². The van der Waals surface area contributed by atoms with Crippen LogP contribution in [-0.2, 0) is 10.0 Å². The molecule has 1 amide bonds. The van der Waals surface area contributed by atoms with Crippen LogP contribution in [0.1, 0.15) is 12.8 Å². The van der Waals surface area contributed by atoms with Crippen molar-refractivity contribution >= 4 is 45.0 Å². The molecule has 6 nitrogen and oxygen atoms in total. The Balaban J connectivity index is 1.58. The number of anilines is 1. The molecular weight excluding hydrogens is 521 g/mol. The number of carbonyl (C=O) groups excluding carboxylic acids is 1. The molecule has 3 aromatic rings. The van der Waals surface area contributed by atoms with Gasteiger partial charge < -0.3 is 9.64 Å². The van der Waals surface area contributed by atoms with Crippen molar-refractivity contribution in [1.82, 2.24) is 4.90 Å². The molecule has 0 bridgehead atoms. The molecule has 1 fully saturated rings. The highest BCUT2D eigenvalue weighted by atomic mass is 35.5. The number of piperidine rings is 1. The molecule has 11 heteroatoms. The predicted octanol–water partition coefficient (Wildman–Crippen LogP) is 6.13. The molecule has 0 radical (unpaired) electrons. The molecule has 1 aliphatic rings. The number of amides is 1. The first-order valence-electron chi connectivity index (χ1n) is 10.6. The van der Waals surface area contributed by atoms with Gasteiger partial charge in [0.25, 0.3) is 10.0 Å². The predicted molar refractivity (Wildman–Crippen MR) is 130 cm³/mol. The summed E-state index contributed by atoms with van der Waals surface area (Å²) in [7, 11) is -4.28. The molecule has 184 valence electrons. The molecule has 3 aromatic carbocycles. The number of rotatable bonds is 5. The lowest BCUT2D eigenvalue weighted by molar-refractivity contribution is 0.139. The summed E-state index contributed by atoms with van der Waals surface area (Å²) in [5, 5.41) is 0.831. The largest absolute Gasteiger partial charge is 0.415 e. The van der Waals surface area contributed by atoms with Gasteiger partial charge in [0.15, 0.2) is 0 Å². The van der Waals surface area contributed by atoms with E-state index in [9.17, 15) is 22.0 Å². The Hall–Kier alpha value is -2.88. The van der Waals surface area contributed by atoms with E-state index >= 15 is 0 Å². The number of likely N-dealkylation sites (tertiary alicyclic amines) is 1. The van der Waals surface area contributed by atoms with Crippen LogP contribution < -0.4 is 9.04 Å². The molecule has 35 heavy (non-hydrogen) atoms. The molecule has 0 unspecified atom stereocenters. The van der Waals surface area contributed by atoms with Gasteiger partial charge in [0.05, 0.1) is 10.6 Å². The van der Waals surface area contributed by atoms with Crippen LogP contribution >= 0.6 is 23.2 Å². The van der Waals surface area contributed by atoms with Crippen LogP contribution in [0.15, 0.2) is 71.6 Å². The maximum atomic E-state index is 14.8. The first kappa shape index (κ1) is 25.2. The van der Waals surface area contributed by atoms with Crippen LogP contribution in [0.2, 0.25) is 10.0 Å². The zero-order valence-corrected chi connectivity index (χ0v) is 20.5. The van der Waals surface area contributed by atoms with Gasteiger partial charge >= 0.3 is 6.09 Å². The Morgan fingerprint density at radius 1 is 0.914 bits per heavy atom. The van der Waals surface area contributed by atoms with E-state index in [4.69, 9.17) is 27.9 Å². The summed E-state index contributed by atoms with van der Waals surface area (Å²) in [6.45, 7) is 0.307. The van der Waals surface area contributed by atoms with Crippen molar-refractivity contribution in [2.75, 3.05) is 17.4 Å². The maximum absolute atomic E-state index is 14.8. The van der Waals surface area contributed by atoms with E-state index in [2.05, 4.69) is 0 Å². The number of carbonyl (C=O) groups is 1. The number of sulfonamides is 1. The second-order valence-electron chi connectivity index (χ2n) is 7.89. The first-order valence-corrected chi connectivity index (χ1v) is 12.8. The van der Waals surface area contributed by atoms with Crippen LogP contribution in [0.4, 0.5) is 19.3 Å². The fourth-order valence-corrected chi connectivity index (χ4v) is 5.81. The topological polar surface area (TPSA) is 66.9 Å². The van der Waals surface area contributed by atoms with Crippen molar-refractivity contribution in [3.05, 3.63) is 88.4 Å². The van der Waals surface area contributed by atoms with Gasteiger partial charge in [0.2, 0.25) is 0 Å². The second-order valence-corrected chi connectivity index (χ2v) is 10.6. The standard InChI is InChI=1S/C24H20Cl2F2N2O4S/c25-16-1-6-20(7-2-16)34-24(31)29-13-11-19(12-14-29)30(23-15-18(27)5-10-22(23)28)35(32,33)21-8-3-17(26)4-9-21/h1-10,15,19H,11-14H2. The second kappa shape index (κ2) is 10.4. The average molecular weight is 541 g/mol. The summed E-state index contributed by atoms with van der Waals surface area (Å²) in [5.74, 6) is -1.34. The van der Waals surface area contributed by atoms with Crippen molar-refractivity contribution in [3.63, 3.8) is 0 Å². The zero-order valence-electron chi connectivity index (χ0n) is 18.2. The average Bonchev–Trinajstić information content (AvgIpc) is 2.83. The lowest BCUT2D eigenvalue weighted by Gasteiger charge is -2.38. The summed E-state index contributed by atoms with van der Waals surface area (Å²) in [5.41, 5.74) is -0.401. The Morgan fingerprint density at radius 2 is 1.49 bits per heavy atom. The Bertz CT molecular complexity index is 1310. The van der Waals surface area contributed by atoms with Crippen molar-refractivity contribution in [1.29, 1.82) is 0 Å². The molecule has 1 saturated heterocycles. The molecular formula is C24H20Cl2F2N2O4S. The van der Waals surface area contributed by atoms with Crippen LogP contribution in [0.5, 0.6) is 5.75 Å². The van der Waals surface area contributed by atoms with E-state index in [0.29, 0.717) is 15.8 Å². The molecule has 0 spiro atoms. The third-order valence-corrected chi connectivity index (χ3v) is 7.97. The van der Waals surface area contributed by atoms with Gasteiger partial charge in [-0.2, -0.15) is 0 Å². The van der Waals surface area contributed by atoms with Gasteiger partial charge in [-0.25, -0.2) is 22.0 Å². The van der Waals surface area contributed by atoms with Crippen molar-refractivity contribution in [2.24, 2.45) is 0 Å². The van der Waals surface area contributed by atoms with Crippen molar-refractivity contribution < 1.29 is 26.7 Å². The van der Waals surface area contributed by atoms with E-state index in [1.807, 2.05) is 0 Å². The van der Waals surface area contributed by atoms with Crippen LogP contribution in [0, 0.1) is 11.6 Å². The van der Waals surface area contributed by atoms with Crippen molar-refractivity contribution in [2.45, 2.75) is 23.8 Å². The fraction of sp³-hybridized carbons (Fsp3) is 0.208. The number of hydrogen-bond donors (Lipinski definition) is 0. The molecule has 0 aliphatic carbocycles. The minimum Gasteiger partial charge on any atom is -0.410 e. The zero-order chi connectivity index (χ0) is 25.2. The molecule has 0 saturated carbocycles. The van der Waals surface area contributed by atoms with Gasteiger partial charge in [0.1, 0.15) is 17.4 Å². The van der Waals surface area contributed by atoms with Crippen molar-refractivity contribution in [3.8, 4) is 5.75 Å².